The second-order valence-electron chi connectivity index (χ2n) is 10.0. The van der Waals surface area contributed by atoms with Crippen LogP contribution in [-0.4, -0.2) is 39.4 Å². The first-order valence-electron chi connectivity index (χ1n) is 11.9. The molecule has 7 nitrogen and oxygen atoms in total. The van der Waals surface area contributed by atoms with Crippen LogP contribution in [0.2, 0.25) is 18.1 Å². The minimum Gasteiger partial charge on any atom is -0.413 e. The average molecular weight is 498 g/mol. The molecule has 1 aromatic carbocycles. The Bertz CT molecular complexity index is 1390. The molecule has 184 valence electrons. The van der Waals surface area contributed by atoms with Gasteiger partial charge >= 0.3 is 0 Å². The van der Waals surface area contributed by atoms with E-state index in [2.05, 4.69) is 53.8 Å². The van der Waals surface area contributed by atoms with E-state index >= 15 is 0 Å². The van der Waals surface area contributed by atoms with Crippen LogP contribution in [0.15, 0.2) is 84.3 Å². The van der Waals surface area contributed by atoms with Crippen molar-refractivity contribution >= 4 is 14.4 Å². The van der Waals surface area contributed by atoms with E-state index in [1.807, 2.05) is 36.4 Å². The molecule has 0 unspecified atom stereocenters. The zero-order valence-corrected chi connectivity index (χ0v) is 22.3. The van der Waals surface area contributed by atoms with Crippen LogP contribution in [-0.2, 0) is 4.43 Å². The number of benzene rings is 1. The molecule has 0 amide bonds. The van der Waals surface area contributed by atoms with Crippen LogP contribution in [0.3, 0.4) is 0 Å². The molecule has 0 aliphatic carbocycles. The van der Waals surface area contributed by atoms with Gasteiger partial charge in [0.25, 0.3) is 5.56 Å². The molecule has 0 aliphatic heterocycles. The molecule has 0 N–H and O–H groups in total. The van der Waals surface area contributed by atoms with Crippen molar-refractivity contribution in [1.29, 1.82) is 0 Å². The molecule has 0 saturated carbocycles. The van der Waals surface area contributed by atoms with Crippen molar-refractivity contribution in [2.75, 3.05) is 6.61 Å². The van der Waals surface area contributed by atoms with Crippen molar-refractivity contribution in [3.63, 3.8) is 0 Å². The van der Waals surface area contributed by atoms with Crippen LogP contribution >= 0.6 is 0 Å². The number of nitrogens with zero attached hydrogens (tertiary/aromatic N) is 5. The molecule has 8 heteroatoms. The van der Waals surface area contributed by atoms with Gasteiger partial charge in [0.05, 0.1) is 12.3 Å². The van der Waals surface area contributed by atoms with Gasteiger partial charge in [-0.15, -0.1) is 0 Å². The summed E-state index contributed by atoms with van der Waals surface area (Å²) in [4.78, 5) is 30.8. The largest absolute Gasteiger partial charge is 0.413 e. The van der Waals surface area contributed by atoms with Gasteiger partial charge in [0.2, 0.25) is 0 Å². The Kier molecular flexibility index (Phi) is 7.37. The van der Waals surface area contributed by atoms with Crippen LogP contribution in [0.4, 0.5) is 0 Å². The maximum Gasteiger partial charge on any atom is 0.281 e. The van der Waals surface area contributed by atoms with E-state index in [0.29, 0.717) is 29.4 Å². The Hall–Kier alpha value is -3.75. The van der Waals surface area contributed by atoms with Crippen molar-refractivity contribution in [2.24, 2.45) is 0 Å². The van der Waals surface area contributed by atoms with Gasteiger partial charge in [-0.3, -0.25) is 14.3 Å². The Labute approximate surface area is 212 Å². The van der Waals surface area contributed by atoms with Gasteiger partial charge < -0.3 is 4.43 Å². The maximum absolute atomic E-state index is 13.5. The quantitative estimate of drug-likeness (QED) is 0.301. The molecular formula is C28H31N5O2Si. The number of aromatic nitrogens is 5. The van der Waals surface area contributed by atoms with E-state index in [-0.39, 0.29) is 10.6 Å². The Balaban J connectivity index is 1.69. The summed E-state index contributed by atoms with van der Waals surface area (Å²) >= 11 is 0. The van der Waals surface area contributed by atoms with Crippen LogP contribution in [0.1, 0.15) is 26.5 Å². The van der Waals surface area contributed by atoms with E-state index in [1.54, 1.807) is 53.8 Å². The molecule has 0 bridgehead atoms. The first-order valence-corrected chi connectivity index (χ1v) is 14.8. The zero-order chi connectivity index (χ0) is 25.8. The van der Waals surface area contributed by atoms with Crippen molar-refractivity contribution < 1.29 is 4.43 Å². The summed E-state index contributed by atoms with van der Waals surface area (Å²) in [5, 5.41) is 0.137. The average Bonchev–Trinajstić information content (AvgIpc) is 2.88. The molecule has 3 heterocycles. The smallest absolute Gasteiger partial charge is 0.281 e. The lowest BCUT2D eigenvalue weighted by molar-refractivity contribution is 0.328. The molecule has 36 heavy (non-hydrogen) atoms. The summed E-state index contributed by atoms with van der Waals surface area (Å²) in [7, 11) is -1.86. The number of rotatable bonds is 7. The fourth-order valence-corrected chi connectivity index (χ4v) is 4.29. The van der Waals surface area contributed by atoms with E-state index in [0.717, 1.165) is 11.3 Å². The van der Waals surface area contributed by atoms with Crippen LogP contribution < -0.4 is 5.56 Å². The maximum atomic E-state index is 13.5. The number of hydrogen-bond donors (Lipinski definition) is 0. The minimum atomic E-state index is -1.86. The van der Waals surface area contributed by atoms with Gasteiger partial charge in [-0.1, -0.05) is 26.8 Å². The summed E-state index contributed by atoms with van der Waals surface area (Å²) in [5.74, 6) is 0.633. The van der Waals surface area contributed by atoms with Gasteiger partial charge in [0, 0.05) is 47.8 Å². The summed E-state index contributed by atoms with van der Waals surface area (Å²) < 4.78 is 7.88. The van der Waals surface area contributed by atoms with E-state index in [4.69, 9.17) is 4.43 Å². The zero-order valence-electron chi connectivity index (χ0n) is 21.3. The molecule has 0 radical (unpaired) electrons. The third-order valence-electron chi connectivity index (χ3n) is 6.48. The number of pyridine rings is 1. The summed E-state index contributed by atoms with van der Waals surface area (Å²) in [6.45, 7) is 11.6. The van der Waals surface area contributed by atoms with Crippen molar-refractivity contribution in [2.45, 2.75) is 38.9 Å². The van der Waals surface area contributed by atoms with Crippen LogP contribution in [0.5, 0.6) is 0 Å². The highest BCUT2D eigenvalue weighted by Crippen LogP contribution is 2.36. The van der Waals surface area contributed by atoms with Gasteiger partial charge in [0.15, 0.2) is 14.1 Å². The van der Waals surface area contributed by atoms with Crippen LogP contribution in [0, 0.1) is 0 Å². The Morgan fingerprint density at radius 3 is 2.25 bits per heavy atom. The second kappa shape index (κ2) is 10.5. The van der Waals surface area contributed by atoms with Crippen molar-refractivity contribution in [3.8, 4) is 28.3 Å². The third-order valence-corrected chi connectivity index (χ3v) is 11.0. The second-order valence-corrected chi connectivity index (χ2v) is 14.8. The van der Waals surface area contributed by atoms with Crippen molar-refractivity contribution in [3.05, 3.63) is 95.6 Å². The predicted molar refractivity (Wildman–Crippen MR) is 146 cm³/mol. The highest BCUT2D eigenvalue weighted by Gasteiger charge is 2.36. The lowest BCUT2D eigenvalue weighted by atomic mass is 10.1. The first-order chi connectivity index (χ1) is 17.2. The lowest BCUT2D eigenvalue weighted by Crippen LogP contribution is -2.40. The molecule has 4 aromatic rings. The van der Waals surface area contributed by atoms with Gasteiger partial charge in [-0.25, -0.2) is 15.0 Å². The topological polar surface area (TPSA) is 82.8 Å². The summed E-state index contributed by atoms with van der Waals surface area (Å²) in [6, 6.07) is 12.9. The molecule has 0 saturated heterocycles. The van der Waals surface area contributed by atoms with E-state index in [1.165, 1.54) is 0 Å². The molecule has 4 rings (SSSR count). The standard InChI is InChI=1S/C28H31N5O2Si/c1-28(2,3)36(4,5)35-19-6-8-23-20-33(27(34)25(32-23)21-13-17-29-18-14-21)24-11-9-22(10-12-24)26-30-15-7-16-31-26/h6-18,20H,19H2,1-5H3. The lowest BCUT2D eigenvalue weighted by Gasteiger charge is -2.35. The third kappa shape index (κ3) is 5.72. The first kappa shape index (κ1) is 25.3. The Morgan fingerprint density at radius 1 is 0.944 bits per heavy atom. The molecule has 0 atom stereocenters. The minimum absolute atomic E-state index is 0.137. The molecular weight excluding hydrogens is 466 g/mol. The monoisotopic (exact) mass is 497 g/mol. The predicted octanol–water partition coefficient (Wildman–Crippen LogP) is 5.79. The fourth-order valence-electron chi connectivity index (χ4n) is 3.34. The highest BCUT2D eigenvalue weighted by atomic mass is 28.4. The SMILES string of the molecule is CC(C)(C)[Si](C)(C)OCC=Cc1cn(-c2ccc(-c3ncccn3)cc2)c(=O)c(-c2ccncc2)n1. The summed E-state index contributed by atoms with van der Waals surface area (Å²) in [5.41, 5.74) is 3.13. The van der Waals surface area contributed by atoms with E-state index in [9.17, 15) is 4.79 Å². The molecule has 0 aliphatic rings. The van der Waals surface area contributed by atoms with Crippen molar-refractivity contribution in [1.82, 2.24) is 24.5 Å². The van der Waals surface area contributed by atoms with Gasteiger partial charge in [0.1, 0.15) is 5.69 Å². The highest BCUT2D eigenvalue weighted by molar-refractivity contribution is 6.74. The van der Waals surface area contributed by atoms with Gasteiger partial charge in [-0.2, -0.15) is 0 Å². The summed E-state index contributed by atoms with van der Waals surface area (Å²) in [6.07, 6.45) is 12.3. The van der Waals surface area contributed by atoms with E-state index < -0.39 is 8.32 Å². The Morgan fingerprint density at radius 2 is 1.61 bits per heavy atom. The van der Waals surface area contributed by atoms with Gasteiger partial charge in [-0.05, 0) is 66.7 Å². The van der Waals surface area contributed by atoms with Crippen LogP contribution in [0.25, 0.3) is 34.4 Å². The molecule has 0 spiro atoms. The molecule has 3 aromatic heterocycles. The number of hydrogen-bond acceptors (Lipinski definition) is 6. The molecule has 0 fully saturated rings. The fraction of sp³-hybridized carbons (Fsp3) is 0.250. The normalized spacial score (nSPS) is 12.2.